The van der Waals surface area contributed by atoms with Crippen molar-refractivity contribution in [3.63, 3.8) is 0 Å². The van der Waals surface area contributed by atoms with Crippen LogP contribution in [0, 0.1) is 0 Å². The normalized spacial score (nSPS) is 16.7. The van der Waals surface area contributed by atoms with Gasteiger partial charge in [0, 0.05) is 31.4 Å². The highest BCUT2D eigenvalue weighted by Crippen LogP contribution is 2.22. The van der Waals surface area contributed by atoms with Crippen molar-refractivity contribution in [3.8, 4) is 0 Å². The molecule has 0 spiro atoms. The zero-order valence-corrected chi connectivity index (χ0v) is 14.9. The highest BCUT2D eigenvalue weighted by Gasteiger charge is 2.21. The van der Waals surface area contributed by atoms with E-state index in [1.807, 2.05) is 56.4 Å². The quantitative estimate of drug-likeness (QED) is 0.667. The number of anilines is 1. The van der Waals surface area contributed by atoms with Gasteiger partial charge < -0.3 is 15.8 Å². The minimum atomic E-state index is -0.195. The van der Waals surface area contributed by atoms with Gasteiger partial charge in [0.05, 0.1) is 11.6 Å². The number of β-amino-alcohol motifs (C(OH)–C–C–N with tert-alkyl or cyclic N) is 1. The van der Waals surface area contributed by atoms with E-state index < -0.39 is 0 Å². The van der Waals surface area contributed by atoms with E-state index in [-0.39, 0.29) is 6.10 Å². The second kappa shape index (κ2) is 9.76. The second-order valence-corrected chi connectivity index (χ2v) is 5.63. The van der Waals surface area contributed by atoms with E-state index >= 15 is 0 Å². The molecule has 134 valence electrons. The fourth-order valence-corrected chi connectivity index (χ4v) is 2.71. The monoisotopic (exact) mass is 341 g/mol. The molecule has 0 unspecified atom stereocenters. The summed E-state index contributed by atoms with van der Waals surface area (Å²) in [6.45, 7) is 6.44. The largest absolute Gasteiger partial charge is 0.392 e. The summed E-state index contributed by atoms with van der Waals surface area (Å²) in [5.74, 6) is 0.475. The number of fused-ring (bicyclic) bond motifs is 1. The lowest BCUT2D eigenvalue weighted by Crippen LogP contribution is -2.21. The number of hydrogen-bond donors (Lipinski definition) is 3. The fourth-order valence-electron chi connectivity index (χ4n) is 2.71. The number of benzene rings is 1. The van der Waals surface area contributed by atoms with Gasteiger partial charge in [0.15, 0.2) is 5.82 Å². The van der Waals surface area contributed by atoms with Crippen LogP contribution >= 0.6 is 0 Å². The molecule has 0 aliphatic carbocycles. The van der Waals surface area contributed by atoms with Crippen LogP contribution in [0.3, 0.4) is 0 Å². The van der Waals surface area contributed by atoms with Crippen molar-refractivity contribution < 1.29 is 5.11 Å². The van der Waals surface area contributed by atoms with Crippen molar-refractivity contribution in [2.24, 2.45) is 0 Å². The molecular weight excluding hydrogens is 314 g/mol. The molecule has 3 heterocycles. The van der Waals surface area contributed by atoms with Crippen LogP contribution < -0.4 is 5.73 Å². The molecule has 4 N–H and O–H groups in total. The van der Waals surface area contributed by atoms with Gasteiger partial charge in [-0.3, -0.25) is 4.90 Å². The summed E-state index contributed by atoms with van der Waals surface area (Å²) in [6.07, 6.45) is 4.05. The number of likely N-dealkylation sites (tertiary alicyclic amines) is 1. The van der Waals surface area contributed by atoms with Crippen LogP contribution in [0.4, 0.5) is 5.82 Å². The van der Waals surface area contributed by atoms with Crippen LogP contribution in [0.15, 0.2) is 48.9 Å². The summed E-state index contributed by atoms with van der Waals surface area (Å²) >= 11 is 0. The maximum atomic E-state index is 9.49. The Bertz CT molecular complexity index is 717. The van der Waals surface area contributed by atoms with Gasteiger partial charge >= 0.3 is 0 Å². The van der Waals surface area contributed by atoms with Crippen molar-refractivity contribution in [1.29, 1.82) is 0 Å². The lowest BCUT2D eigenvalue weighted by Gasteiger charge is -2.13. The van der Waals surface area contributed by atoms with Crippen LogP contribution in [0.25, 0.3) is 11.0 Å². The first-order chi connectivity index (χ1) is 12.2. The van der Waals surface area contributed by atoms with Gasteiger partial charge in [-0.1, -0.05) is 50.2 Å². The molecule has 1 aliphatic rings. The Morgan fingerprint density at radius 1 is 1.16 bits per heavy atom. The Kier molecular flexibility index (Phi) is 7.37. The summed E-state index contributed by atoms with van der Waals surface area (Å²) in [5.41, 5.74) is 8.53. The SMILES string of the molecule is CC.Nc1ncnc2c(CN3CC[C@@H](O)C3)c[nH]c12.c1ccccc1. The highest BCUT2D eigenvalue weighted by molar-refractivity contribution is 5.86. The number of aliphatic hydroxyl groups is 1. The molecule has 2 aromatic heterocycles. The molecular formula is C19H27N5O. The van der Waals surface area contributed by atoms with Gasteiger partial charge in [0.25, 0.3) is 0 Å². The number of nitrogen functional groups attached to an aromatic ring is 1. The molecule has 0 saturated carbocycles. The summed E-state index contributed by atoms with van der Waals surface area (Å²) < 4.78 is 0. The average Bonchev–Trinajstić information content (AvgIpc) is 3.26. The minimum Gasteiger partial charge on any atom is -0.392 e. The lowest BCUT2D eigenvalue weighted by atomic mass is 10.2. The second-order valence-electron chi connectivity index (χ2n) is 5.63. The Morgan fingerprint density at radius 3 is 2.36 bits per heavy atom. The number of aliphatic hydroxyl groups excluding tert-OH is 1. The summed E-state index contributed by atoms with van der Waals surface area (Å²) in [6, 6.07) is 12.0. The zero-order chi connectivity index (χ0) is 18.1. The Hall–Kier alpha value is -2.44. The van der Waals surface area contributed by atoms with Crippen LogP contribution in [0.1, 0.15) is 25.8 Å². The van der Waals surface area contributed by atoms with Gasteiger partial charge in [-0.15, -0.1) is 0 Å². The third-order valence-corrected chi connectivity index (χ3v) is 3.88. The first-order valence-electron chi connectivity index (χ1n) is 8.71. The van der Waals surface area contributed by atoms with E-state index in [0.29, 0.717) is 5.82 Å². The van der Waals surface area contributed by atoms with Crippen molar-refractivity contribution in [1.82, 2.24) is 19.9 Å². The Labute approximate surface area is 148 Å². The third-order valence-electron chi connectivity index (χ3n) is 3.88. The first kappa shape index (κ1) is 18.9. The molecule has 1 saturated heterocycles. The molecule has 0 bridgehead atoms. The molecule has 4 rings (SSSR count). The van der Waals surface area contributed by atoms with Crippen molar-refractivity contribution in [2.75, 3.05) is 18.8 Å². The standard InChI is InChI=1S/C11H15N5O.C6H6.C2H6/c12-11-10-9(14-6-15-11)7(3-13-10)4-16-2-1-8(17)5-16;1-2-4-6-5-3-1;1-2/h3,6,8,13,17H,1-2,4-5H2,(H2,12,14,15);1-6H;1-2H3/t8-;;/m1../s1. The predicted molar refractivity (Wildman–Crippen MR) is 102 cm³/mol. The number of hydrogen-bond acceptors (Lipinski definition) is 5. The molecule has 1 atom stereocenters. The maximum absolute atomic E-state index is 9.49. The minimum absolute atomic E-state index is 0.195. The van der Waals surface area contributed by atoms with Crippen molar-refractivity contribution in [2.45, 2.75) is 32.9 Å². The predicted octanol–water partition coefficient (Wildman–Crippen LogP) is 2.82. The number of rotatable bonds is 2. The molecule has 3 aromatic rings. The number of nitrogens with zero attached hydrogens (tertiary/aromatic N) is 3. The Balaban J connectivity index is 0.000000237. The number of H-pyrrole nitrogens is 1. The molecule has 6 heteroatoms. The zero-order valence-electron chi connectivity index (χ0n) is 14.9. The van der Waals surface area contributed by atoms with E-state index in [4.69, 9.17) is 5.73 Å². The third kappa shape index (κ3) is 5.27. The lowest BCUT2D eigenvalue weighted by molar-refractivity contribution is 0.175. The van der Waals surface area contributed by atoms with Crippen LogP contribution in [0.2, 0.25) is 0 Å². The highest BCUT2D eigenvalue weighted by atomic mass is 16.3. The fraction of sp³-hybridized carbons (Fsp3) is 0.368. The number of aromatic amines is 1. The number of nitrogens with two attached hydrogens (primary N) is 1. The average molecular weight is 341 g/mol. The van der Waals surface area contributed by atoms with Gasteiger partial charge in [-0.05, 0) is 6.42 Å². The van der Waals surface area contributed by atoms with Crippen molar-refractivity contribution in [3.05, 3.63) is 54.5 Å². The van der Waals surface area contributed by atoms with E-state index in [9.17, 15) is 5.11 Å². The molecule has 1 fully saturated rings. The topological polar surface area (TPSA) is 91.1 Å². The van der Waals surface area contributed by atoms with Gasteiger partial charge in [0.1, 0.15) is 11.8 Å². The summed E-state index contributed by atoms with van der Waals surface area (Å²) in [4.78, 5) is 13.5. The summed E-state index contributed by atoms with van der Waals surface area (Å²) in [5, 5.41) is 9.49. The number of nitrogens with one attached hydrogen (secondary N) is 1. The number of aromatic nitrogens is 3. The molecule has 0 amide bonds. The van der Waals surface area contributed by atoms with E-state index in [1.54, 1.807) is 0 Å². The Morgan fingerprint density at radius 2 is 1.80 bits per heavy atom. The van der Waals surface area contributed by atoms with E-state index in [0.717, 1.165) is 42.7 Å². The van der Waals surface area contributed by atoms with Gasteiger partial charge in [-0.2, -0.15) is 0 Å². The molecule has 0 radical (unpaired) electrons. The van der Waals surface area contributed by atoms with E-state index in [2.05, 4.69) is 19.9 Å². The van der Waals surface area contributed by atoms with Crippen molar-refractivity contribution >= 4 is 16.9 Å². The molecule has 25 heavy (non-hydrogen) atoms. The molecule has 6 nitrogen and oxygen atoms in total. The van der Waals surface area contributed by atoms with Gasteiger partial charge in [-0.25, -0.2) is 9.97 Å². The van der Waals surface area contributed by atoms with Crippen LogP contribution in [-0.2, 0) is 6.54 Å². The first-order valence-corrected chi connectivity index (χ1v) is 8.71. The summed E-state index contributed by atoms with van der Waals surface area (Å²) in [7, 11) is 0. The van der Waals surface area contributed by atoms with E-state index in [1.165, 1.54) is 6.33 Å². The molecule has 1 aromatic carbocycles. The van der Waals surface area contributed by atoms with Crippen LogP contribution in [0.5, 0.6) is 0 Å². The van der Waals surface area contributed by atoms with Gasteiger partial charge in [0.2, 0.25) is 0 Å². The maximum Gasteiger partial charge on any atom is 0.151 e. The van der Waals surface area contributed by atoms with Crippen LogP contribution in [-0.4, -0.2) is 44.2 Å². The molecule has 1 aliphatic heterocycles. The smallest absolute Gasteiger partial charge is 0.151 e.